The predicted octanol–water partition coefficient (Wildman–Crippen LogP) is 5.10. The second-order valence-corrected chi connectivity index (χ2v) is 17.0. The van der Waals surface area contributed by atoms with E-state index < -0.39 is 16.1 Å². The van der Waals surface area contributed by atoms with Gasteiger partial charge < -0.3 is 0 Å². The summed E-state index contributed by atoms with van der Waals surface area (Å²) in [5.74, 6) is 0. The van der Waals surface area contributed by atoms with Crippen molar-refractivity contribution in [1.82, 2.24) is 0 Å². The summed E-state index contributed by atoms with van der Waals surface area (Å²) in [6, 6.07) is 0. The van der Waals surface area contributed by atoms with Gasteiger partial charge in [-0.3, -0.25) is 12.2 Å². The fraction of sp³-hybridized carbons (Fsp3) is 0.500. The Morgan fingerprint density at radius 1 is 0.737 bits per heavy atom. The molecule has 0 aromatic rings. The molecular weight excluding hydrogens is 427 g/mol. The minimum atomic E-state index is -1.01. The van der Waals surface area contributed by atoms with Crippen molar-refractivity contribution in [3.05, 3.63) is 46.8 Å². The standard InChI is InChI=1S/2C8H13Si.Hf/c2*1-9(2,3)8-6-4-5-7-8;/h2*4,6H,5H2,1-3H3;/q2*-1;. The number of allylic oxidation sites excluding steroid dienone is 8. The van der Waals surface area contributed by atoms with Crippen LogP contribution in [0.25, 0.3) is 0 Å². The molecule has 19 heavy (non-hydrogen) atoms. The van der Waals surface area contributed by atoms with Crippen LogP contribution in [0.1, 0.15) is 12.8 Å². The van der Waals surface area contributed by atoms with Crippen molar-refractivity contribution in [3.63, 3.8) is 0 Å². The number of hydrogen-bond donors (Lipinski definition) is 0. The van der Waals surface area contributed by atoms with E-state index in [0.29, 0.717) is 0 Å². The molecule has 0 aromatic carbocycles. The molecule has 0 spiro atoms. The average Bonchev–Trinajstić information content (AvgIpc) is 2.91. The monoisotopic (exact) mass is 454 g/mol. The molecule has 0 saturated heterocycles. The van der Waals surface area contributed by atoms with Gasteiger partial charge in [0.25, 0.3) is 0 Å². The Bertz CT molecular complexity index is 361. The van der Waals surface area contributed by atoms with Crippen molar-refractivity contribution in [2.75, 3.05) is 0 Å². The molecule has 0 saturated carbocycles. The van der Waals surface area contributed by atoms with Gasteiger partial charge in [-0.25, -0.2) is 22.5 Å². The molecule has 0 nitrogen and oxygen atoms in total. The Hall–Kier alpha value is 0.264. The fourth-order valence-corrected chi connectivity index (χ4v) is 4.34. The third kappa shape index (κ3) is 7.00. The Morgan fingerprint density at radius 3 is 1.16 bits per heavy atom. The average molecular weight is 453 g/mol. The van der Waals surface area contributed by atoms with Gasteiger partial charge in [0.05, 0.1) is 0 Å². The summed E-state index contributed by atoms with van der Waals surface area (Å²) in [4.78, 5) is 0. The van der Waals surface area contributed by atoms with E-state index in [1.165, 1.54) is 10.4 Å². The maximum atomic E-state index is 3.36. The van der Waals surface area contributed by atoms with Crippen LogP contribution in [0.3, 0.4) is 0 Å². The van der Waals surface area contributed by atoms with Crippen molar-refractivity contribution >= 4 is 16.1 Å². The van der Waals surface area contributed by atoms with Crippen molar-refractivity contribution < 1.29 is 25.8 Å². The summed E-state index contributed by atoms with van der Waals surface area (Å²) in [6.07, 6.45) is 17.6. The summed E-state index contributed by atoms with van der Waals surface area (Å²) in [5.41, 5.74) is 0. The molecule has 2 aliphatic rings. The summed E-state index contributed by atoms with van der Waals surface area (Å²) in [6.45, 7) is 14.1. The molecular formula is C16H26HfSi2-2. The summed E-state index contributed by atoms with van der Waals surface area (Å²) in [7, 11) is -2.01. The van der Waals surface area contributed by atoms with Crippen LogP contribution in [0, 0.1) is 12.2 Å². The van der Waals surface area contributed by atoms with E-state index in [4.69, 9.17) is 0 Å². The van der Waals surface area contributed by atoms with Gasteiger partial charge in [0, 0.05) is 42.0 Å². The molecule has 0 heterocycles. The third-order valence-corrected chi connectivity index (χ3v) is 6.92. The first-order chi connectivity index (χ1) is 8.21. The molecule has 0 radical (unpaired) electrons. The predicted molar refractivity (Wildman–Crippen MR) is 87.7 cm³/mol. The van der Waals surface area contributed by atoms with Crippen LogP contribution in [0.5, 0.6) is 0 Å². The molecule has 0 amide bonds. The zero-order chi connectivity index (χ0) is 13.8. The fourth-order valence-electron chi connectivity index (χ4n) is 1.84. The number of rotatable bonds is 2. The molecule has 2 aliphatic carbocycles. The summed E-state index contributed by atoms with van der Waals surface area (Å²) < 4.78 is 0. The van der Waals surface area contributed by atoms with Crippen molar-refractivity contribution in [1.29, 1.82) is 0 Å². The van der Waals surface area contributed by atoms with Gasteiger partial charge in [-0.1, -0.05) is 39.3 Å². The molecule has 0 fully saturated rings. The van der Waals surface area contributed by atoms with Gasteiger partial charge in [-0.05, 0) is 0 Å². The van der Waals surface area contributed by atoms with E-state index >= 15 is 0 Å². The second kappa shape index (κ2) is 7.89. The SMILES string of the molecule is C[Si](C)(C)C1=[C-]CC=C1.C[Si](C)(C)C1=[C-]CC=C1.[Hf]. The zero-order valence-electron chi connectivity index (χ0n) is 13.2. The van der Waals surface area contributed by atoms with Gasteiger partial charge in [-0.2, -0.15) is 12.2 Å². The Morgan fingerprint density at radius 2 is 1.05 bits per heavy atom. The Balaban J connectivity index is 0.000000324. The van der Waals surface area contributed by atoms with E-state index in [1.54, 1.807) is 0 Å². The first kappa shape index (κ1) is 19.3. The van der Waals surface area contributed by atoms with E-state index in [2.05, 4.69) is 75.7 Å². The van der Waals surface area contributed by atoms with E-state index in [9.17, 15) is 0 Å². The Kier molecular flexibility index (Phi) is 8.00. The maximum absolute atomic E-state index is 3.36. The molecule has 2 rings (SSSR count). The molecule has 0 aliphatic heterocycles. The minimum absolute atomic E-state index is 0. The summed E-state index contributed by atoms with van der Waals surface area (Å²) in [5, 5.41) is 2.98. The van der Waals surface area contributed by atoms with Gasteiger partial charge in [0.2, 0.25) is 0 Å². The molecule has 0 bridgehead atoms. The van der Waals surface area contributed by atoms with Crippen molar-refractivity contribution in [3.8, 4) is 0 Å². The molecule has 0 unspecified atom stereocenters. The molecule has 0 atom stereocenters. The van der Waals surface area contributed by atoms with Crippen molar-refractivity contribution in [2.45, 2.75) is 52.1 Å². The van der Waals surface area contributed by atoms with Crippen LogP contribution < -0.4 is 0 Å². The van der Waals surface area contributed by atoms with Gasteiger partial charge >= 0.3 is 0 Å². The van der Waals surface area contributed by atoms with Gasteiger partial charge in [0.1, 0.15) is 0 Å². The normalized spacial score (nSPS) is 17.4. The van der Waals surface area contributed by atoms with Gasteiger partial charge in [-0.15, -0.1) is 12.8 Å². The van der Waals surface area contributed by atoms with Crippen LogP contribution in [-0.4, -0.2) is 16.1 Å². The van der Waals surface area contributed by atoms with E-state index in [1.807, 2.05) is 0 Å². The summed E-state index contributed by atoms with van der Waals surface area (Å²) >= 11 is 0. The van der Waals surface area contributed by atoms with Crippen LogP contribution in [0.4, 0.5) is 0 Å². The minimum Gasteiger partial charge on any atom is -0.274 e. The maximum Gasteiger partial charge on any atom is 0.0393 e. The first-order valence-corrected chi connectivity index (χ1v) is 13.8. The number of hydrogen-bond acceptors (Lipinski definition) is 0. The van der Waals surface area contributed by atoms with E-state index in [0.717, 1.165) is 12.8 Å². The smallest absolute Gasteiger partial charge is 0.0393 e. The second-order valence-electron chi connectivity index (χ2n) is 6.89. The third-order valence-electron chi connectivity index (χ3n) is 3.01. The zero-order valence-corrected chi connectivity index (χ0v) is 18.8. The van der Waals surface area contributed by atoms with E-state index in [-0.39, 0.29) is 25.8 Å². The molecule has 0 aromatic heterocycles. The van der Waals surface area contributed by atoms with Crippen molar-refractivity contribution in [2.24, 2.45) is 0 Å². The van der Waals surface area contributed by atoms with Gasteiger partial charge in [0.15, 0.2) is 0 Å². The topological polar surface area (TPSA) is 0 Å². The molecule has 3 heteroatoms. The van der Waals surface area contributed by atoms with Crippen LogP contribution >= 0.6 is 0 Å². The quantitative estimate of drug-likeness (QED) is 0.403. The molecule has 0 N–H and O–H groups in total. The van der Waals surface area contributed by atoms with Crippen LogP contribution in [-0.2, 0) is 25.8 Å². The van der Waals surface area contributed by atoms with Crippen LogP contribution in [0.15, 0.2) is 34.7 Å². The first-order valence-electron chi connectivity index (χ1n) is 6.77. The molecule has 104 valence electrons. The Labute approximate surface area is 140 Å². The van der Waals surface area contributed by atoms with Crippen LogP contribution in [0.2, 0.25) is 39.3 Å². The largest absolute Gasteiger partial charge is 0.274 e.